The average molecular weight is 497 g/mol. The minimum Gasteiger partial charge on any atom is -0.493 e. The lowest BCUT2D eigenvalue weighted by molar-refractivity contribution is 0.0681. The van der Waals surface area contributed by atoms with Crippen LogP contribution in [0.5, 0.6) is 11.5 Å². The molecule has 0 aliphatic heterocycles. The van der Waals surface area contributed by atoms with Gasteiger partial charge in [-0.1, -0.05) is 42.5 Å². The molecule has 0 aliphatic rings. The maximum absolute atomic E-state index is 13.1. The minimum absolute atomic E-state index is 0.0778. The standard InChI is InChI=1S/C27H32N2O5S/c1-27(2,3)28-26(31)33-15-14-29(25(30)24-11-8-16-35-24)18-21-12-13-22(23(17-21)32-4)34-19-20-9-6-5-7-10-20/h5-13,16-17H,14-15,18-19H2,1-4H3,(H,28,31). The molecular formula is C27H32N2O5S. The van der Waals surface area contributed by atoms with E-state index in [-0.39, 0.29) is 19.1 Å². The van der Waals surface area contributed by atoms with Gasteiger partial charge in [0.2, 0.25) is 0 Å². The summed E-state index contributed by atoms with van der Waals surface area (Å²) in [4.78, 5) is 27.4. The number of rotatable bonds is 10. The van der Waals surface area contributed by atoms with Gasteiger partial charge in [-0.3, -0.25) is 4.79 Å². The van der Waals surface area contributed by atoms with Gasteiger partial charge in [0.25, 0.3) is 5.91 Å². The summed E-state index contributed by atoms with van der Waals surface area (Å²) in [6.45, 7) is 6.71. The first kappa shape index (κ1) is 26.1. The second kappa shape index (κ2) is 12.3. The molecule has 2 amide bonds. The van der Waals surface area contributed by atoms with Crippen molar-refractivity contribution in [3.8, 4) is 11.5 Å². The van der Waals surface area contributed by atoms with Crippen molar-refractivity contribution < 1.29 is 23.8 Å². The van der Waals surface area contributed by atoms with Crippen LogP contribution in [-0.2, 0) is 17.9 Å². The van der Waals surface area contributed by atoms with E-state index in [4.69, 9.17) is 14.2 Å². The highest BCUT2D eigenvalue weighted by molar-refractivity contribution is 7.12. The zero-order valence-corrected chi connectivity index (χ0v) is 21.4. The van der Waals surface area contributed by atoms with Crippen LogP contribution in [-0.4, -0.2) is 42.7 Å². The fraction of sp³-hybridized carbons (Fsp3) is 0.333. The van der Waals surface area contributed by atoms with Crippen LogP contribution in [0.4, 0.5) is 4.79 Å². The van der Waals surface area contributed by atoms with E-state index in [0.29, 0.717) is 29.5 Å². The van der Waals surface area contributed by atoms with Crippen LogP contribution in [0.3, 0.4) is 0 Å². The smallest absolute Gasteiger partial charge is 0.407 e. The van der Waals surface area contributed by atoms with Crippen LogP contribution in [0.25, 0.3) is 0 Å². The summed E-state index contributed by atoms with van der Waals surface area (Å²) in [6.07, 6.45) is -0.511. The van der Waals surface area contributed by atoms with Gasteiger partial charge in [0, 0.05) is 12.1 Å². The summed E-state index contributed by atoms with van der Waals surface area (Å²) in [5.41, 5.74) is 1.53. The van der Waals surface area contributed by atoms with Crippen molar-refractivity contribution in [1.29, 1.82) is 0 Å². The number of ether oxygens (including phenoxy) is 3. The zero-order chi connectivity index (χ0) is 25.3. The van der Waals surface area contributed by atoms with Crippen molar-refractivity contribution in [2.24, 2.45) is 0 Å². The van der Waals surface area contributed by atoms with E-state index >= 15 is 0 Å². The normalized spacial score (nSPS) is 11.0. The Hall–Kier alpha value is -3.52. The Morgan fingerprint density at radius 1 is 0.971 bits per heavy atom. The maximum atomic E-state index is 13.1. The molecule has 1 N–H and O–H groups in total. The Labute approximate surface area is 210 Å². The number of alkyl carbamates (subject to hydrolysis) is 1. The molecule has 0 saturated carbocycles. The lowest BCUT2D eigenvalue weighted by atomic mass is 10.1. The molecule has 0 spiro atoms. The Morgan fingerprint density at radius 3 is 2.40 bits per heavy atom. The monoisotopic (exact) mass is 496 g/mol. The summed E-state index contributed by atoms with van der Waals surface area (Å²) < 4.78 is 16.8. The van der Waals surface area contributed by atoms with Gasteiger partial charge in [0.05, 0.1) is 18.5 Å². The van der Waals surface area contributed by atoms with Crippen LogP contribution >= 0.6 is 11.3 Å². The molecule has 1 heterocycles. The molecule has 2 aromatic carbocycles. The van der Waals surface area contributed by atoms with Crippen LogP contribution in [0.1, 0.15) is 41.6 Å². The van der Waals surface area contributed by atoms with Crippen molar-refractivity contribution >= 4 is 23.3 Å². The molecule has 0 radical (unpaired) electrons. The minimum atomic E-state index is -0.511. The van der Waals surface area contributed by atoms with Crippen LogP contribution < -0.4 is 14.8 Å². The van der Waals surface area contributed by atoms with E-state index in [9.17, 15) is 9.59 Å². The molecule has 0 atom stereocenters. The molecule has 8 heteroatoms. The highest BCUT2D eigenvalue weighted by Gasteiger charge is 2.20. The van der Waals surface area contributed by atoms with Crippen molar-refractivity contribution in [1.82, 2.24) is 10.2 Å². The summed E-state index contributed by atoms with van der Waals surface area (Å²) >= 11 is 1.38. The number of thiophene rings is 1. The van der Waals surface area contributed by atoms with Gasteiger partial charge < -0.3 is 24.4 Å². The third kappa shape index (κ3) is 8.33. The molecule has 7 nitrogen and oxygen atoms in total. The third-order valence-corrected chi connectivity index (χ3v) is 5.79. The maximum Gasteiger partial charge on any atom is 0.407 e. The van der Waals surface area contributed by atoms with Crippen molar-refractivity contribution in [2.45, 2.75) is 39.5 Å². The first-order chi connectivity index (χ1) is 16.7. The number of hydrogen-bond acceptors (Lipinski definition) is 6. The van der Waals surface area contributed by atoms with Gasteiger partial charge in [0.15, 0.2) is 11.5 Å². The number of nitrogens with one attached hydrogen (secondary N) is 1. The summed E-state index contributed by atoms with van der Waals surface area (Å²) in [5, 5.41) is 4.61. The molecule has 186 valence electrons. The molecule has 0 bridgehead atoms. The average Bonchev–Trinajstić information content (AvgIpc) is 3.36. The van der Waals surface area contributed by atoms with Gasteiger partial charge >= 0.3 is 6.09 Å². The molecule has 35 heavy (non-hydrogen) atoms. The van der Waals surface area contributed by atoms with Crippen molar-refractivity contribution in [2.75, 3.05) is 20.3 Å². The van der Waals surface area contributed by atoms with E-state index in [2.05, 4.69) is 5.32 Å². The Morgan fingerprint density at radius 2 is 1.74 bits per heavy atom. The predicted octanol–water partition coefficient (Wildman–Crippen LogP) is 5.50. The first-order valence-electron chi connectivity index (χ1n) is 11.4. The fourth-order valence-electron chi connectivity index (χ4n) is 3.28. The lowest BCUT2D eigenvalue weighted by Gasteiger charge is -2.24. The first-order valence-corrected chi connectivity index (χ1v) is 12.2. The molecule has 1 aromatic heterocycles. The molecule has 0 unspecified atom stereocenters. The van der Waals surface area contributed by atoms with Crippen molar-refractivity contribution in [3.05, 3.63) is 82.0 Å². The topological polar surface area (TPSA) is 77.1 Å². The highest BCUT2D eigenvalue weighted by Crippen LogP contribution is 2.29. The number of carbonyl (C=O) groups is 2. The zero-order valence-electron chi connectivity index (χ0n) is 20.6. The molecule has 0 fully saturated rings. The largest absolute Gasteiger partial charge is 0.493 e. The van der Waals surface area contributed by atoms with E-state index in [0.717, 1.165) is 11.1 Å². The van der Waals surface area contributed by atoms with Crippen LogP contribution in [0.15, 0.2) is 66.0 Å². The number of hydrogen-bond donors (Lipinski definition) is 1. The number of benzene rings is 2. The van der Waals surface area contributed by atoms with E-state index in [1.807, 2.05) is 80.7 Å². The Kier molecular flexibility index (Phi) is 9.14. The SMILES string of the molecule is COc1cc(CN(CCOC(=O)NC(C)(C)C)C(=O)c2cccs2)ccc1OCc1ccccc1. The Bertz CT molecular complexity index is 1090. The van der Waals surface area contributed by atoms with Crippen LogP contribution in [0, 0.1) is 0 Å². The van der Waals surface area contributed by atoms with E-state index < -0.39 is 11.6 Å². The van der Waals surface area contributed by atoms with Gasteiger partial charge in [-0.15, -0.1) is 11.3 Å². The highest BCUT2D eigenvalue weighted by atomic mass is 32.1. The van der Waals surface area contributed by atoms with Crippen molar-refractivity contribution in [3.63, 3.8) is 0 Å². The second-order valence-electron chi connectivity index (χ2n) is 8.97. The number of methoxy groups -OCH3 is 1. The third-order valence-electron chi connectivity index (χ3n) is 4.93. The fourth-order valence-corrected chi connectivity index (χ4v) is 3.98. The van der Waals surface area contributed by atoms with Gasteiger partial charge in [-0.25, -0.2) is 4.79 Å². The van der Waals surface area contributed by atoms with Gasteiger partial charge in [0.1, 0.15) is 13.2 Å². The Balaban J connectivity index is 1.68. The number of amides is 2. The summed E-state index contributed by atoms with van der Waals surface area (Å²) in [6, 6.07) is 19.1. The molecule has 0 saturated heterocycles. The van der Waals surface area contributed by atoms with E-state index in [1.165, 1.54) is 11.3 Å². The lowest BCUT2D eigenvalue weighted by Crippen LogP contribution is -2.42. The molecule has 0 aliphatic carbocycles. The molecule has 3 rings (SSSR count). The second-order valence-corrected chi connectivity index (χ2v) is 9.92. The molecular weight excluding hydrogens is 464 g/mol. The quantitative estimate of drug-likeness (QED) is 0.401. The summed E-state index contributed by atoms with van der Waals surface area (Å²) in [7, 11) is 1.59. The van der Waals surface area contributed by atoms with E-state index in [1.54, 1.807) is 18.1 Å². The van der Waals surface area contributed by atoms with Gasteiger partial charge in [-0.2, -0.15) is 0 Å². The van der Waals surface area contributed by atoms with Crippen LogP contribution in [0.2, 0.25) is 0 Å². The number of nitrogens with zero attached hydrogens (tertiary/aromatic N) is 1. The predicted molar refractivity (Wildman–Crippen MR) is 137 cm³/mol. The molecule has 3 aromatic rings. The number of carbonyl (C=O) groups excluding carboxylic acids is 2. The van der Waals surface area contributed by atoms with Gasteiger partial charge in [-0.05, 0) is 55.5 Å². The summed E-state index contributed by atoms with van der Waals surface area (Å²) in [5.74, 6) is 1.09.